The Morgan fingerprint density at radius 2 is 2.14 bits per heavy atom. The van der Waals surface area contributed by atoms with Crippen LogP contribution < -0.4 is 10.6 Å². The lowest BCUT2D eigenvalue weighted by Crippen LogP contribution is -2.59. The maximum atomic E-state index is 13.2. The van der Waals surface area contributed by atoms with Crippen LogP contribution in [0.3, 0.4) is 0 Å². The first-order valence-corrected chi connectivity index (χ1v) is 6.26. The Morgan fingerprint density at radius 3 is 2.67 bits per heavy atom. The van der Waals surface area contributed by atoms with Gasteiger partial charge in [0.15, 0.2) is 0 Å². The number of alkyl halides is 3. The lowest BCUT2D eigenvalue weighted by molar-refractivity contribution is -0.159. The highest BCUT2D eigenvalue weighted by molar-refractivity contribution is 5.69. The van der Waals surface area contributed by atoms with Crippen molar-refractivity contribution in [3.8, 4) is 0 Å². The Bertz CT molecular complexity index is 506. The fourth-order valence-corrected chi connectivity index (χ4v) is 2.33. The number of aliphatic carboxylic acids is 1. The first kappa shape index (κ1) is 15.4. The van der Waals surface area contributed by atoms with Crippen LogP contribution in [0.1, 0.15) is 0 Å². The molecule has 2 heterocycles. The van der Waals surface area contributed by atoms with Gasteiger partial charge >= 0.3 is 12.1 Å². The van der Waals surface area contributed by atoms with E-state index in [9.17, 15) is 18.0 Å². The smallest absolute Gasteiger partial charge is 0.409 e. The molecule has 1 aliphatic rings. The number of nitrogens with two attached hydrogens (primary N) is 1. The molecule has 1 aromatic heterocycles. The summed E-state index contributed by atoms with van der Waals surface area (Å²) in [6, 6.07) is 1.15. The lowest BCUT2D eigenvalue weighted by Gasteiger charge is -2.42. The molecule has 0 aliphatic carbocycles. The van der Waals surface area contributed by atoms with E-state index in [1.54, 1.807) is 0 Å². The third-order valence-corrected chi connectivity index (χ3v) is 3.30. The minimum Gasteiger partial charge on any atom is -0.480 e. The van der Waals surface area contributed by atoms with Crippen LogP contribution in [0, 0.1) is 0 Å². The van der Waals surface area contributed by atoms with Crippen LogP contribution in [-0.2, 0) is 4.79 Å². The molecule has 0 aromatic carbocycles. The van der Waals surface area contributed by atoms with Crippen molar-refractivity contribution in [3.05, 3.63) is 18.3 Å². The average molecular weight is 304 g/mol. The van der Waals surface area contributed by atoms with E-state index in [4.69, 9.17) is 10.8 Å². The Labute approximate surface area is 119 Å². The molecule has 1 aromatic rings. The molecule has 1 atom stereocenters. The molecule has 21 heavy (non-hydrogen) atoms. The van der Waals surface area contributed by atoms with Crippen molar-refractivity contribution in [3.63, 3.8) is 0 Å². The summed E-state index contributed by atoms with van der Waals surface area (Å²) in [5.74, 6) is -0.912. The predicted octanol–water partition coefficient (Wildman–Crippen LogP) is 0.801. The molecule has 0 bridgehead atoms. The monoisotopic (exact) mass is 304 g/mol. The summed E-state index contributed by atoms with van der Waals surface area (Å²) >= 11 is 0. The molecular weight excluding hydrogens is 289 g/mol. The van der Waals surface area contributed by atoms with Crippen LogP contribution in [0.25, 0.3) is 0 Å². The number of rotatable bonds is 3. The van der Waals surface area contributed by atoms with E-state index in [1.165, 1.54) is 28.1 Å². The Morgan fingerprint density at radius 1 is 1.43 bits per heavy atom. The molecule has 1 unspecified atom stereocenters. The number of halogens is 3. The SMILES string of the molecule is Nc1ccc(N2CCN(CC(=O)O)CC2C(F)(F)F)cn1. The minimum atomic E-state index is -4.46. The first-order valence-electron chi connectivity index (χ1n) is 6.26. The van der Waals surface area contributed by atoms with E-state index in [0.717, 1.165) is 0 Å². The van der Waals surface area contributed by atoms with Crippen molar-refractivity contribution in [1.29, 1.82) is 0 Å². The molecule has 1 fully saturated rings. The van der Waals surface area contributed by atoms with Gasteiger partial charge in [-0.1, -0.05) is 0 Å². The topological polar surface area (TPSA) is 82.7 Å². The number of hydrogen-bond donors (Lipinski definition) is 2. The van der Waals surface area contributed by atoms with Crippen LogP contribution in [-0.4, -0.2) is 59.4 Å². The van der Waals surface area contributed by atoms with Crippen LogP contribution >= 0.6 is 0 Å². The highest BCUT2D eigenvalue weighted by Gasteiger charge is 2.46. The molecule has 0 radical (unpaired) electrons. The predicted molar refractivity (Wildman–Crippen MR) is 69.9 cm³/mol. The highest BCUT2D eigenvalue weighted by atomic mass is 19.4. The van der Waals surface area contributed by atoms with Gasteiger partial charge in [0.1, 0.15) is 11.9 Å². The summed E-state index contributed by atoms with van der Waals surface area (Å²) in [5.41, 5.74) is 5.75. The van der Waals surface area contributed by atoms with Gasteiger partial charge in [-0.3, -0.25) is 9.69 Å². The van der Waals surface area contributed by atoms with E-state index in [1.807, 2.05) is 0 Å². The van der Waals surface area contributed by atoms with Gasteiger partial charge in [0.25, 0.3) is 0 Å². The Hall–Kier alpha value is -2.03. The number of nitrogen functional groups attached to an aromatic ring is 1. The van der Waals surface area contributed by atoms with Gasteiger partial charge in [-0.15, -0.1) is 0 Å². The number of carboxylic acids is 1. The van der Waals surface area contributed by atoms with E-state index in [-0.39, 0.29) is 25.5 Å². The van der Waals surface area contributed by atoms with Crippen LogP contribution in [0.2, 0.25) is 0 Å². The summed E-state index contributed by atoms with van der Waals surface area (Å²) in [6.45, 7) is -0.479. The third-order valence-electron chi connectivity index (χ3n) is 3.30. The van der Waals surface area contributed by atoms with Crippen molar-refractivity contribution in [1.82, 2.24) is 9.88 Å². The summed E-state index contributed by atoms with van der Waals surface area (Å²) in [6.07, 6.45) is -3.17. The number of hydrogen-bond acceptors (Lipinski definition) is 5. The normalized spacial score (nSPS) is 20.5. The van der Waals surface area contributed by atoms with Gasteiger partial charge < -0.3 is 15.7 Å². The number of piperazine rings is 1. The summed E-state index contributed by atoms with van der Waals surface area (Å²) in [7, 11) is 0. The Kier molecular flexibility index (Phi) is 4.21. The van der Waals surface area contributed by atoms with Crippen molar-refractivity contribution in [2.75, 3.05) is 36.8 Å². The number of nitrogens with zero attached hydrogens (tertiary/aromatic N) is 3. The van der Waals surface area contributed by atoms with Gasteiger partial charge in [-0.2, -0.15) is 13.2 Å². The summed E-state index contributed by atoms with van der Waals surface area (Å²) in [5, 5.41) is 8.71. The van der Waals surface area contributed by atoms with Crippen LogP contribution in [0.4, 0.5) is 24.7 Å². The second-order valence-electron chi connectivity index (χ2n) is 4.82. The molecule has 1 aliphatic heterocycles. The van der Waals surface area contributed by atoms with E-state index < -0.39 is 24.7 Å². The average Bonchev–Trinajstić information content (AvgIpc) is 2.38. The first-order chi connectivity index (χ1) is 9.77. The number of pyridine rings is 1. The van der Waals surface area contributed by atoms with Crippen LogP contribution in [0.5, 0.6) is 0 Å². The molecule has 0 spiro atoms. The number of carboxylic acid groups (broad SMARTS) is 1. The summed E-state index contributed by atoms with van der Waals surface area (Å²) < 4.78 is 39.6. The van der Waals surface area contributed by atoms with Crippen molar-refractivity contribution < 1.29 is 23.1 Å². The zero-order chi connectivity index (χ0) is 15.6. The second-order valence-corrected chi connectivity index (χ2v) is 4.82. The largest absolute Gasteiger partial charge is 0.480 e. The standard InChI is InChI=1S/C12H15F3N4O2/c13-12(14,15)9-6-18(7-11(20)21)3-4-19(9)8-1-2-10(16)17-5-8/h1-2,5,9H,3-4,6-7H2,(H2,16,17)(H,20,21). The van der Waals surface area contributed by atoms with Gasteiger partial charge in [0.2, 0.25) is 0 Å². The quantitative estimate of drug-likeness (QED) is 0.859. The minimum absolute atomic E-state index is 0.0725. The number of carbonyl (C=O) groups is 1. The van der Waals surface area contributed by atoms with E-state index in [0.29, 0.717) is 5.69 Å². The Balaban J connectivity index is 2.20. The lowest BCUT2D eigenvalue weighted by atomic mass is 10.1. The van der Waals surface area contributed by atoms with Crippen molar-refractivity contribution in [2.45, 2.75) is 12.2 Å². The molecule has 3 N–H and O–H groups in total. The third kappa shape index (κ3) is 3.75. The summed E-state index contributed by atoms with van der Waals surface area (Å²) in [4.78, 5) is 16.9. The van der Waals surface area contributed by atoms with Crippen molar-refractivity contribution in [2.24, 2.45) is 0 Å². The number of aromatic nitrogens is 1. The molecule has 116 valence electrons. The fraction of sp³-hybridized carbons (Fsp3) is 0.500. The molecule has 1 saturated heterocycles. The molecule has 6 nitrogen and oxygen atoms in total. The molecule has 0 saturated carbocycles. The maximum Gasteiger partial charge on any atom is 0.409 e. The maximum absolute atomic E-state index is 13.2. The highest BCUT2D eigenvalue weighted by Crippen LogP contribution is 2.31. The van der Waals surface area contributed by atoms with Gasteiger partial charge in [0.05, 0.1) is 18.4 Å². The van der Waals surface area contributed by atoms with Gasteiger partial charge in [-0.25, -0.2) is 4.98 Å². The fourth-order valence-electron chi connectivity index (χ4n) is 2.33. The zero-order valence-electron chi connectivity index (χ0n) is 11.0. The molecule has 2 rings (SSSR count). The molecular formula is C12H15F3N4O2. The van der Waals surface area contributed by atoms with Gasteiger partial charge in [0, 0.05) is 19.6 Å². The second kappa shape index (κ2) is 5.76. The van der Waals surface area contributed by atoms with E-state index >= 15 is 0 Å². The van der Waals surface area contributed by atoms with Crippen molar-refractivity contribution >= 4 is 17.5 Å². The number of anilines is 2. The van der Waals surface area contributed by atoms with E-state index in [2.05, 4.69) is 4.98 Å². The van der Waals surface area contributed by atoms with Crippen LogP contribution in [0.15, 0.2) is 18.3 Å². The molecule has 0 amide bonds. The zero-order valence-corrected chi connectivity index (χ0v) is 11.0. The molecule has 9 heteroatoms. The van der Waals surface area contributed by atoms with Gasteiger partial charge in [-0.05, 0) is 12.1 Å².